The number of hydrogen-bond donors (Lipinski definition) is 2. The highest BCUT2D eigenvalue weighted by Crippen LogP contribution is 2.31. The van der Waals surface area contributed by atoms with Gasteiger partial charge in [0.15, 0.2) is 0 Å². The van der Waals surface area contributed by atoms with E-state index in [0.29, 0.717) is 16.6 Å². The Bertz CT molecular complexity index is 770. The summed E-state index contributed by atoms with van der Waals surface area (Å²) < 4.78 is 0. The highest BCUT2D eigenvalue weighted by atomic mass is 16.6. The van der Waals surface area contributed by atoms with Crippen molar-refractivity contribution in [3.8, 4) is 0 Å². The third-order valence-electron chi connectivity index (χ3n) is 3.63. The molecule has 128 valence electrons. The lowest BCUT2D eigenvalue weighted by atomic mass is 10.1. The fraction of sp³-hybridized carbons (Fsp3) is 0.375. The number of benzene rings is 1. The SMILES string of the molecule is CC(C)(C)N(CCNc1c([N+](=O)[O-])cnc2ccccc12)C(=O)O. The van der Waals surface area contributed by atoms with Crippen LogP contribution in [0.4, 0.5) is 16.2 Å². The second kappa shape index (κ2) is 6.69. The number of amides is 1. The number of nitro groups is 1. The minimum absolute atomic E-state index is 0.133. The number of anilines is 1. The molecule has 0 spiro atoms. The van der Waals surface area contributed by atoms with E-state index in [1.807, 2.05) is 0 Å². The lowest BCUT2D eigenvalue weighted by molar-refractivity contribution is -0.384. The smallest absolute Gasteiger partial charge is 0.407 e. The van der Waals surface area contributed by atoms with E-state index in [1.165, 1.54) is 11.1 Å². The zero-order valence-corrected chi connectivity index (χ0v) is 13.8. The van der Waals surface area contributed by atoms with Gasteiger partial charge in [-0.2, -0.15) is 0 Å². The van der Waals surface area contributed by atoms with Gasteiger partial charge in [-0.15, -0.1) is 0 Å². The van der Waals surface area contributed by atoms with Crippen molar-refractivity contribution in [3.63, 3.8) is 0 Å². The molecule has 8 heteroatoms. The van der Waals surface area contributed by atoms with Gasteiger partial charge < -0.3 is 15.3 Å². The molecule has 0 saturated heterocycles. The summed E-state index contributed by atoms with van der Waals surface area (Å²) in [6.45, 7) is 5.84. The van der Waals surface area contributed by atoms with Crippen molar-refractivity contribution in [2.24, 2.45) is 0 Å². The van der Waals surface area contributed by atoms with E-state index in [0.717, 1.165) is 0 Å². The lowest BCUT2D eigenvalue weighted by Crippen LogP contribution is -2.47. The van der Waals surface area contributed by atoms with Crippen LogP contribution in [0.2, 0.25) is 0 Å². The highest BCUT2D eigenvalue weighted by molar-refractivity contribution is 5.95. The molecule has 0 aliphatic rings. The van der Waals surface area contributed by atoms with Crippen LogP contribution >= 0.6 is 0 Å². The van der Waals surface area contributed by atoms with Gasteiger partial charge in [-0.25, -0.2) is 9.78 Å². The summed E-state index contributed by atoms with van der Waals surface area (Å²) in [5.41, 5.74) is 0.299. The molecule has 1 heterocycles. The molecule has 0 unspecified atom stereocenters. The summed E-state index contributed by atoms with van der Waals surface area (Å²) in [6.07, 6.45) is 0.182. The largest absolute Gasteiger partial charge is 0.465 e. The van der Waals surface area contributed by atoms with Crippen LogP contribution in [-0.2, 0) is 0 Å². The Morgan fingerprint density at radius 1 is 1.38 bits per heavy atom. The minimum Gasteiger partial charge on any atom is -0.465 e. The first-order chi connectivity index (χ1) is 11.2. The summed E-state index contributed by atoms with van der Waals surface area (Å²) in [5, 5.41) is 24.2. The third-order valence-corrected chi connectivity index (χ3v) is 3.63. The van der Waals surface area contributed by atoms with E-state index >= 15 is 0 Å². The van der Waals surface area contributed by atoms with E-state index in [9.17, 15) is 20.0 Å². The monoisotopic (exact) mass is 332 g/mol. The van der Waals surface area contributed by atoms with Gasteiger partial charge in [0, 0.05) is 24.0 Å². The van der Waals surface area contributed by atoms with Gasteiger partial charge in [0.05, 0.1) is 10.4 Å². The van der Waals surface area contributed by atoms with Crippen molar-refractivity contribution in [1.29, 1.82) is 0 Å². The summed E-state index contributed by atoms with van der Waals surface area (Å²) >= 11 is 0. The van der Waals surface area contributed by atoms with Crippen molar-refractivity contribution < 1.29 is 14.8 Å². The average Bonchev–Trinajstić information content (AvgIpc) is 2.49. The zero-order chi connectivity index (χ0) is 17.9. The van der Waals surface area contributed by atoms with Crippen LogP contribution in [0, 0.1) is 10.1 Å². The molecule has 24 heavy (non-hydrogen) atoms. The molecule has 1 aromatic carbocycles. The van der Waals surface area contributed by atoms with Crippen LogP contribution in [0.3, 0.4) is 0 Å². The molecule has 8 nitrogen and oxygen atoms in total. The molecule has 0 atom stereocenters. The number of carboxylic acid groups (broad SMARTS) is 1. The van der Waals surface area contributed by atoms with Gasteiger partial charge in [-0.3, -0.25) is 10.1 Å². The maximum absolute atomic E-state index is 11.4. The molecule has 2 rings (SSSR count). The normalized spacial score (nSPS) is 11.3. The summed E-state index contributed by atoms with van der Waals surface area (Å²) in [5.74, 6) is 0. The Balaban J connectivity index is 2.27. The van der Waals surface area contributed by atoms with E-state index in [-0.39, 0.29) is 18.8 Å². The molecule has 1 amide bonds. The number of aromatic nitrogens is 1. The molecule has 2 aromatic rings. The third kappa shape index (κ3) is 3.70. The van der Waals surface area contributed by atoms with Crippen molar-refractivity contribution in [3.05, 3.63) is 40.6 Å². The fourth-order valence-electron chi connectivity index (χ4n) is 2.47. The number of rotatable bonds is 5. The quantitative estimate of drug-likeness (QED) is 0.642. The number of nitrogens with one attached hydrogen (secondary N) is 1. The topological polar surface area (TPSA) is 109 Å². The maximum Gasteiger partial charge on any atom is 0.407 e. The second-order valence-corrected chi connectivity index (χ2v) is 6.32. The van der Waals surface area contributed by atoms with E-state index in [2.05, 4.69) is 10.3 Å². The van der Waals surface area contributed by atoms with Crippen LogP contribution in [0.25, 0.3) is 10.9 Å². The van der Waals surface area contributed by atoms with Crippen molar-refractivity contribution in [2.45, 2.75) is 26.3 Å². The first kappa shape index (κ1) is 17.5. The number of fused-ring (bicyclic) bond motifs is 1. The first-order valence-corrected chi connectivity index (χ1v) is 7.48. The number of carbonyl (C=O) groups is 1. The number of hydrogen-bond acceptors (Lipinski definition) is 5. The standard InChI is InChI=1S/C16H20N4O4/c1-16(2,3)19(15(21)22)9-8-17-14-11-6-4-5-7-12(11)18-10-13(14)20(23)24/h4-7,10H,8-9H2,1-3H3,(H,17,18)(H,21,22). The summed E-state index contributed by atoms with van der Waals surface area (Å²) in [6, 6.07) is 7.09. The van der Waals surface area contributed by atoms with Gasteiger partial charge in [0.1, 0.15) is 11.9 Å². The number of para-hydroxylation sites is 1. The molecule has 1 aromatic heterocycles. The molecule has 0 fully saturated rings. The maximum atomic E-state index is 11.4. The summed E-state index contributed by atoms with van der Waals surface area (Å²) in [7, 11) is 0. The van der Waals surface area contributed by atoms with Crippen molar-refractivity contribution in [1.82, 2.24) is 9.88 Å². The second-order valence-electron chi connectivity index (χ2n) is 6.32. The van der Waals surface area contributed by atoms with Crippen LogP contribution in [0.15, 0.2) is 30.5 Å². The van der Waals surface area contributed by atoms with E-state index in [1.54, 1.807) is 45.0 Å². The van der Waals surface area contributed by atoms with Gasteiger partial charge >= 0.3 is 11.8 Å². The molecule has 0 bridgehead atoms. The lowest BCUT2D eigenvalue weighted by Gasteiger charge is -2.33. The van der Waals surface area contributed by atoms with Crippen molar-refractivity contribution >= 4 is 28.4 Å². The van der Waals surface area contributed by atoms with Crippen LogP contribution in [0.5, 0.6) is 0 Å². The van der Waals surface area contributed by atoms with E-state index in [4.69, 9.17) is 0 Å². The van der Waals surface area contributed by atoms with Gasteiger partial charge in [-0.1, -0.05) is 18.2 Å². The Kier molecular flexibility index (Phi) is 4.87. The van der Waals surface area contributed by atoms with Gasteiger partial charge in [0.2, 0.25) is 0 Å². The molecule has 0 radical (unpaired) electrons. The number of nitrogens with zero attached hydrogens (tertiary/aromatic N) is 3. The van der Waals surface area contributed by atoms with Crippen LogP contribution < -0.4 is 5.32 Å². The molecule has 0 aliphatic carbocycles. The molecule has 2 N–H and O–H groups in total. The molecule has 0 saturated carbocycles. The highest BCUT2D eigenvalue weighted by Gasteiger charge is 2.26. The van der Waals surface area contributed by atoms with E-state index < -0.39 is 16.6 Å². The Morgan fingerprint density at radius 3 is 2.62 bits per heavy atom. The number of pyridine rings is 1. The molecular formula is C16H20N4O4. The molecular weight excluding hydrogens is 312 g/mol. The predicted molar refractivity (Wildman–Crippen MR) is 91.4 cm³/mol. The van der Waals surface area contributed by atoms with Gasteiger partial charge in [-0.05, 0) is 26.8 Å². The Hall–Kier alpha value is -2.90. The van der Waals surface area contributed by atoms with Crippen LogP contribution in [0.1, 0.15) is 20.8 Å². The molecule has 0 aliphatic heterocycles. The first-order valence-electron chi connectivity index (χ1n) is 7.48. The zero-order valence-electron chi connectivity index (χ0n) is 13.8. The average molecular weight is 332 g/mol. The fourth-order valence-corrected chi connectivity index (χ4v) is 2.47. The minimum atomic E-state index is -1.03. The van der Waals surface area contributed by atoms with Crippen LogP contribution in [-0.4, -0.2) is 44.6 Å². The predicted octanol–water partition coefficient (Wildman–Crippen LogP) is 3.33. The Labute approximate surface area is 139 Å². The summed E-state index contributed by atoms with van der Waals surface area (Å²) in [4.78, 5) is 27.5. The van der Waals surface area contributed by atoms with Crippen molar-refractivity contribution in [2.75, 3.05) is 18.4 Å². The van der Waals surface area contributed by atoms with Gasteiger partial charge in [0.25, 0.3) is 0 Å². The Morgan fingerprint density at radius 2 is 2.04 bits per heavy atom.